The van der Waals surface area contributed by atoms with Crippen molar-refractivity contribution in [2.45, 2.75) is 13.5 Å². The smallest absolute Gasteiger partial charge is 0.408 e. The van der Waals surface area contributed by atoms with Crippen molar-refractivity contribution in [1.82, 2.24) is 20.3 Å². The fourth-order valence-corrected chi connectivity index (χ4v) is 2.18. The van der Waals surface area contributed by atoms with Gasteiger partial charge in [0.1, 0.15) is 5.82 Å². The lowest BCUT2D eigenvalue weighted by molar-refractivity contribution is 0.555. The Labute approximate surface area is 108 Å². The van der Waals surface area contributed by atoms with E-state index in [4.69, 9.17) is 4.42 Å². The van der Waals surface area contributed by atoms with E-state index in [2.05, 4.69) is 20.3 Å². The number of fused-ring (bicyclic) bond motifs is 1. The van der Waals surface area contributed by atoms with Crippen LogP contribution in [-0.4, -0.2) is 22.0 Å². The predicted octanol–water partition coefficient (Wildman–Crippen LogP) is 1.54. The van der Waals surface area contributed by atoms with Crippen LogP contribution in [0.4, 0.5) is 0 Å². The maximum atomic E-state index is 11.2. The van der Waals surface area contributed by atoms with Gasteiger partial charge >= 0.3 is 5.76 Å². The van der Waals surface area contributed by atoms with Crippen LogP contribution in [0.3, 0.4) is 0 Å². The van der Waals surface area contributed by atoms with Crippen molar-refractivity contribution in [3.63, 3.8) is 0 Å². The number of benzene rings is 1. The normalized spacial score (nSPS) is 11.3. The van der Waals surface area contributed by atoms with Crippen molar-refractivity contribution < 1.29 is 4.42 Å². The van der Waals surface area contributed by atoms with Crippen molar-refractivity contribution in [1.29, 1.82) is 0 Å². The van der Waals surface area contributed by atoms with Gasteiger partial charge in [-0.25, -0.2) is 9.78 Å². The maximum Gasteiger partial charge on any atom is 0.417 e. The molecule has 98 valence electrons. The minimum Gasteiger partial charge on any atom is -0.408 e. The zero-order valence-corrected chi connectivity index (χ0v) is 10.7. The number of hydrogen-bond acceptors (Lipinski definition) is 4. The van der Waals surface area contributed by atoms with E-state index in [1.807, 2.05) is 26.1 Å². The molecule has 0 fully saturated rings. The Kier molecular flexibility index (Phi) is 2.72. The highest BCUT2D eigenvalue weighted by molar-refractivity contribution is 5.79. The molecule has 0 unspecified atom stereocenters. The first-order chi connectivity index (χ1) is 9.17. The Balaban J connectivity index is 2.15. The molecule has 0 saturated carbocycles. The summed E-state index contributed by atoms with van der Waals surface area (Å²) in [5.41, 5.74) is 4.08. The number of aryl methyl sites for hydroxylation is 1. The second-order valence-corrected chi connectivity index (χ2v) is 4.41. The minimum absolute atomic E-state index is 0.444. The number of imidazole rings is 1. The molecule has 6 nitrogen and oxygen atoms in total. The number of nitrogens with zero attached hydrogens (tertiary/aromatic N) is 1. The summed E-state index contributed by atoms with van der Waals surface area (Å²) < 4.78 is 4.99. The number of aromatic nitrogens is 3. The van der Waals surface area contributed by atoms with Gasteiger partial charge in [0.05, 0.1) is 16.9 Å². The predicted molar refractivity (Wildman–Crippen MR) is 71.9 cm³/mol. The van der Waals surface area contributed by atoms with Crippen molar-refractivity contribution in [2.24, 2.45) is 0 Å². The quantitative estimate of drug-likeness (QED) is 0.665. The molecule has 0 atom stereocenters. The van der Waals surface area contributed by atoms with Gasteiger partial charge in [-0.2, -0.15) is 0 Å². The molecule has 3 aromatic rings. The van der Waals surface area contributed by atoms with Gasteiger partial charge in [0, 0.05) is 12.1 Å². The molecule has 6 heteroatoms. The molecule has 3 rings (SSSR count). The second-order valence-electron chi connectivity index (χ2n) is 4.41. The topological polar surface area (TPSA) is 86.7 Å². The van der Waals surface area contributed by atoms with E-state index in [0.29, 0.717) is 17.6 Å². The number of rotatable bonds is 3. The van der Waals surface area contributed by atoms with Gasteiger partial charge in [-0.15, -0.1) is 0 Å². The van der Waals surface area contributed by atoms with E-state index in [1.165, 1.54) is 0 Å². The second kappa shape index (κ2) is 4.40. The van der Waals surface area contributed by atoms with E-state index in [1.54, 1.807) is 6.07 Å². The summed E-state index contributed by atoms with van der Waals surface area (Å²) in [6, 6.07) is 5.54. The highest BCUT2D eigenvalue weighted by Crippen LogP contribution is 2.24. The average molecular weight is 258 g/mol. The summed E-state index contributed by atoms with van der Waals surface area (Å²) in [6.45, 7) is 2.62. The van der Waals surface area contributed by atoms with Crippen LogP contribution in [0.25, 0.3) is 22.4 Å². The molecule has 0 aliphatic rings. The molecule has 0 aliphatic heterocycles. The van der Waals surface area contributed by atoms with Gasteiger partial charge < -0.3 is 14.7 Å². The van der Waals surface area contributed by atoms with E-state index >= 15 is 0 Å². The average Bonchev–Trinajstić information content (AvgIpc) is 2.90. The highest BCUT2D eigenvalue weighted by Gasteiger charge is 2.11. The van der Waals surface area contributed by atoms with Gasteiger partial charge in [0.2, 0.25) is 0 Å². The first-order valence-electron chi connectivity index (χ1n) is 6.00. The van der Waals surface area contributed by atoms with Crippen LogP contribution in [0.2, 0.25) is 0 Å². The summed E-state index contributed by atoms with van der Waals surface area (Å²) in [4.78, 5) is 21.5. The van der Waals surface area contributed by atoms with Gasteiger partial charge in [-0.3, -0.25) is 4.98 Å². The number of aromatic amines is 2. The first-order valence-corrected chi connectivity index (χ1v) is 6.00. The monoisotopic (exact) mass is 258 g/mol. The number of H-pyrrole nitrogens is 2. The molecule has 0 saturated heterocycles. The molecule has 2 aromatic heterocycles. The summed E-state index contributed by atoms with van der Waals surface area (Å²) in [7, 11) is 1.89. The minimum atomic E-state index is -0.444. The van der Waals surface area contributed by atoms with Gasteiger partial charge in [-0.1, -0.05) is 0 Å². The van der Waals surface area contributed by atoms with Crippen molar-refractivity contribution >= 4 is 11.1 Å². The Morgan fingerprint density at radius 1 is 1.37 bits per heavy atom. The molecule has 2 heterocycles. The summed E-state index contributed by atoms with van der Waals surface area (Å²) in [6.07, 6.45) is 0. The number of oxazole rings is 1. The zero-order chi connectivity index (χ0) is 13.4. The Morgan fingerprint density at radius 3 is 3.00 bits per heavy atom. The van der Waals surface area contributed by atoms with Crippen LogP contribution in [0.15, 0.2) is 27.4 Å². The van der Waals surface area contributed by atoms with Crippen LogP contribution in [0, 0.1) is 6.92 Å². The highest BCUT2D eigenvalue weighted by atomic mass is 16.4. The maximum absolute atomic E-state index is 11.2. The Hall–Kier alpha value is -2.34. The molecule has 1 aromatic carbocycles. The fraction of sp³-hybridized carbons (Fsp3) is 0.231. The van der Waals surface area contributed by atoms with Crippen molar-refractivity contribution in [3.8, 4) is 11.3 Å². The molecule has 0 spiro atoms. The third kappa shape index (κ3) is 2.06. The Bertz CT molecular complexity index is 781. The molecule has 0 amide bonds. The van der Waals surface area contributed by atoms with Gasteiger partial charge in [0.15, 0.2) is 5.58 Å². The van der Waals surface area contributed by atoms with Crippen LogP contribution in [0.1, 0.15) is 11.5 Å². The first kappa shape index (κ1) is 11.7. The summed E-state index contributed by atoms with van der Waals surface area (Å²) >= 11 is 0. The lowest BCUT2D eigenvalue weighted by Crippen LogP contribution is -2.06. The third-order valence-electron chi connectivity index (χ3n) is 2.94. The molecular formula is C13H14N4O2. The number of nitrogens with one attached hydrogen (secondary N) is 3. The van der Waals surface area contributed by atoms with E-state index in [9.17, 15) is 4.79 Å². The molecule has 0 aliphatic carbocycles. The van der Waals surface area contributed by atoms with Crippen molar-refractivity contribution in [2.75, 3.05) is 7.05 Å². The van der Waals surface area contributed by atoms with Gasteiger partial charge in [0.25, 0.3) is 0 Å². The Morgan fingerprint density at radius 2 is 2.21 bits per heavy atom. The lowest BCUT2D eigenvalue weighted by atomic mass is 10.1. The van der Waals surface area contributed by atoms with Crippen LogP contribution >= 0.6 is 0 Å². The summed E-state index contributed by atoms with van der Waals surface area (Å²) in [5.74, 6) is 0.418. The SMILES string of the molecule is CNCc1[nH]c(C)nc1-c1ccc2oc(=O)[nH]c2c1. The summed E-state index contributed by atoms with van der Waals surface area (Å²) in [5, 5.41) is 3.10. The van der Waals surface area contributed by atoms with Crippen LogP contribution < -0.4 is 11.1 Å². The van der Waals surface area contributed by atoms with Gasteiger partial charge in [-0.05, 0) is 32.2 Å². The zero-order valence-electron chi connectivity index (χ0n) is 10.7. The van der Waals surface area contributed by atoms with Crippen molar-refractivity contribution in [3.05, 3.63) is 40.3 Å². The molecule has 3 N–H and O–H groups in total. The van der Waals surface area contributed by atoms with E-state index in [-0.39, 0.29) is 0 Å². The number of hydrogen-bond donors (Lipinski definition) is 3. The van der Waals surface area contributed by atoms with Crippen LogP contribution in [0.5, 0.6) is 0 Å². The fourth-order valence-electron chi connectivity index (χ4n) is 2.18. The molecule has 0 bridgehead atoms. The molecule has 19 heavy (non-hydrogen) atoms. The van der Waals surface area contributed by atoms with E-state index < -0.39 is 5.76 Å². The van der Waals surface area contributed by atoms with E-state index in [0.717, 1.165) is 22.8 Å². The standard InChI is InChI=1S/C13H14N4O2/c1-7-15-10(6-14-2)12(16-7)8-3-4-11-9(5-8)17-13(18)19-11/h3-5,14H,6H2,1-2H3,(H,15,16)(H,17,18). The molecule has 0 radical (unpaired) electrons. The largest absolute Gasteiger partial charge is 0.417 e. The lowest BCUT2D eigenvalue weighted by Gasteiger charge is -2.02. The van der Waals surface area contributed by atoms with Crippen LogP contribution in [-0.2, 0) is 6.54 Å². The molecular weight excluding hydrogens is 244 g/mol. The third-order valence-corrected chi connectivity index (χ3v) is 2.94.